The Morgan fingerprint density at radius 1 is 1.25 bits per heavy atom. The predicted molar refractivity (Wildman–Crippen MR) is 70.3 cm³/mol. The molecular formula is C14H15FN2O3. The molecule has 2 amide bonds. The molecule has 1 atom stereocenters. The lowest BCUT2D eigenvalue weighted by atomic mass is 10.2. The van der Waals surface area contributed by atoms with Crippen LogP contribution in [-0.4, -0.2) is 17.7 Å². The summed E-state index contributed by atoms with van der Waals surface area (Å²) in [6, 6.07) is 7.07. The molecule has 0 aliphatic carbocycles. The molecule has 0 spiro atoms. The number of rotatable bonds is 5. The van der Waals surface area contributed by atoms with Gasteiger partial charge in [0.2, 0.25) is 0 Å². The van der Waals surface area contributed by atoms with E-state index in [0.717, 1.165) is 5.56 Å². The monoisotopic (exact) mass is 278 g/mol. The van der Waals surface area contributed by atoms with Crippen LogP contribution < -0.4 is 10.6 Å². The molecule has 2 aromatic rings. The van der Waals surface area contributed by atoms with E-state index in [-0.39, 0.29) is 18.9 Å². The molecule has 2 rings (SSSR count). The first kappa shape index (κ1) is 14.1. The maximum Gasteiger partial charge on any atom is 0.315 e. The summed E-state index contributed by atoms with van der Waals surface area (Å²) in [5.74, 6) is -0.318. The number of urea groups is 1. The van der Waals surface area contributed by atoms with Gasteiger partial charge in [0.25, 0.3) is 0 Å². The van der Waals surface area contributed by atoms with Gasteiger partial charge in [-0.3, -0.25) is 0 Å². The second kappa shape index (κ2) is 6.72. The van der Waals surface area contributed by atoms with Gasteiger partial charge in [0.05, 0.1) is 18.6 Å². The van der Waals surface area contributed by atoms with Crippen molar-refractivity contribution in [3.05, 3.63) is 59.8 Å². The minimum Gasteiger partial charge on any atom is -0.472 e. The lowest BCUT2D eigenvalue weighted by Gasteiger charge is -2.11. The van der Waals surface area contributed by atoms with E-state index >= 15 is 0 Å². The summed E-state index contributed by atoms with van der Waals surface area (Å²) in [6.45, 7) is 0.364. The van der Waals surface area contributed by atoms with Crippen molar-refractivity contribution in [3.8, 4) is 0 Å². The van der Waals surface area contributed by atoms with Crippen molar-refractivity contribution in [1.29, 1.82) is 0 Å². The quantitative estimate of drug-likeness (QED) is 0.782. The lowest BCUT2D eigenvalue weighted by molar-refractivity contribution is 0.172. The maximum atomic E-state index is 12.7. The molecule has 0 saturated heterocycles. The highest BCUT2D eigenvalue weighted by molar-refractivity contribution is 5.73. The molecule has 1 heterocycles. The summed E-state index contributed by atoms with van der Waals surface area (Å²) in [5, 5.41) is 14.9. The number of furan rings is 1. The molecule has 1 aromatic heterocycles. The van der Waals surface area contributed by atoms with Crippen LogP contribution in [0.15, 0.2) is 47.3 Å². The van der Waals surface area contributed by atoms with E-state index in [1.54, 1.807) is 18.2 Å². The molecule has 0 bridgehead atoms. The van der Waals surface area contributed by atoms with Gasteiger partial charge in [-0.2, -0.15) is 0 Å². The van der Waals surface area contributed by atoms with Crippen LogP contribution in [-0.2, 0) is 6.54 Å². The van der Waals surface area contributed by atoms with Crippen LogP contribution in [0.1, 0.15) is 17.2 Å². The Hall–Kier alpha value is -2.34. The number of carbonyl (C=O) groups excluding carboxylic acids is 1. The molecule has 0 radical (unpaired) electrons. The SMILES string of the molecule is O=C(NCc1ccc(F)cc1)NC[C@@H](O)c1ccoc1. The molecule has 6 heteroatoms. The standard InChI is InChI=1S/C14H15FN2O3/c15-12-3-1-10(2-4-12)7-16-14(19)17-8-13(18)11-5-6-20-9-11/h1-6,9,13,18H,7-8H2,(H2,16,17,19)/t13-/m1/s1. The second-order valence-corrected chi connectivity index (χ2v) is 4.26. The molecule has 20 heavy (non-hydrogen) atoms. The third kappa shape index (κ3) is 4.10. The number of aliphatic hydroxyl groups is 1. The van der Waals surface area contributed by atoms with Gasteiger partial charge >= 0.3 is 6.03 Å². The number of hydrogen-bond acceptors (Lipinski definition) is 3. The van der Waals surface area contributed by atoms with E-state index in [0.29, 0.717) is 5.56 Å². The molecule has 0 fully saturated rings. The predicted octanol–water partition coefficient (Wildman–Crippen LogP) is 1.95. The minimum atomic E-state index is -0.815. The van der Waals surface area contributed by atoms with Gasteiger partial charge < -0.3 is 20.2 Å². The first-order chi connectivity index (χ1) is 9.65. The second-order valence-electron chi connectivity index (χ2n) is 4.26. The van der Waals surface area contributed by atoms with Crippen molar-refractivity contribution in [2.75, 3.05) is 6.54 Å². The fourth-order valence-electron chi connectivity index (χ4n) is 1.62. The van der Waals surface area contributed by atoms with Crippen molar-refractivity contribution in [3.63, 3.8) is 0 Å². The number of hydrogen-bond donors (Lipinski definition) is 3. The molecule has 3 N–H and O–H groups in total. The molecule has 0 unspecified atom stereocenters. The highest BCUT2D eigenvalue weighted by Gasteiger charge is 2.10. The summed E-state index contributed by atoms with van der Waals surface area (Å²) in [5.41, 5.74) is 1.39. The fourth-order valence-corrected chi connectivity index (χ4v) is 1.62. The smallest absolute Gasteiger partial charge is 0.315 e. The average molecular weight is 278 g/mol. The first-order valence-electron chi connectivity index (χ1n) is 6.11. The molecule has 0 aliphatic rings. The Morgan fingerprint density at radius 3 is 2.65 bits per heavy atom. The van der Waals surface area contributed by atoms with E-state index in [1.807, 2.05) is 0 Å². The van der Waals surface area contributed by atoms with Gasteiger partial charge in [-0.05, 0) is 23.8 Å². The molecule has 106 valence electrons. The number of benzene rings is 1. The van der Waals surface area contributed by atoms with Crippen LogP contribution in [0.5, 0.6) is 0 Å². The van der Waals surface area contributed by atoms with Crippen molar-refractivity contribution in [2.24, 2.45) is 0 Å². The number of amides is 2. The highest BCUT2D eigenvalue weighted by Crippen LogP contribution is 2.11. The minimum absolute atomic E-state index is 0.0782. The average Bonchev–Trinajstić information content (AvgIpc) is 2.98. The fraction of sp³-hybridized carbons (Fsp3) is 0.214. The third-order valence-electron chi connectivity index (χ3n) is 2.75. The lowest BCUT2D eigenvalue weighted by Crippen LogP contribution is -2.37. The zero-order chi connectivity index (χ0) is 14.4. The maximum absolute atomic E-state index is 12.7. The van der Waals surface area contributed by atoms with E-state index < -0.39 is 12.1 Å². The Kier molecular flexibility index (Phi) is 4.73. The summed E-state index contributed by atoms with van der Waals surface area (Å²) < 4.78 is 17.5. The number of halogens is 1. The van der Waals surface area contributed by atoms with Crippen LogP contribution in [0, 0.1) is 5.82 Å². The van der Waals surface area contributed by atoms with E-state index in [2.05, 4.69) is 10.6 Å². The summed E-state index contributed by atoms with van der Waals surface area (Å²) >= 11 is 0. The zero-order valence-corrected chi connectivity index (χ0v) is 10.7. The van der Waals surface area contributed by atoms with Crippen molar-refractivity contribution < 1.29 is 18.7 Å². The Balaban J connectivity index is 1.71. The van der Waals surface area contributed by atoms with E-state index in [4.69, 9.17) is 4.42 Å². The Labute approximate surface area is 115 Å². The van der Waals surface area contributed by atoms with Crippen LogP contribution in [0.3, 0.4) is 0 Å². The van der Waals surface area contributed by atoms with E-state index in [9.17, 15) is 14.3 Å². The van der Waals surface area contributed by atoms with Gasteiger partial charge in [0.15, 0.2) is 0 Å². The summed E-state index contributed by atoms with van der Waals surface area (Å²) in [6.07, 6.45) is 2.06. The number of carbonyl (C=O) groups is 1. The Bertz CT molecular complexity index is 540. The Morgan fingerprint density at radius 2 is 2.00 bits per heavy atom. The highest BCUT2D eigenvalue weighted by atomic mass is 19.1. The zero-order valence-electron chi connectivity index (χ0n) is 10.7. The first-order valence-corrected chi connectivity index (χ1v) is 6.11. The molecule has 5 nitrogen and oxygen atoms in total. The summed E-state index contributed by atoms with van der Waals surface area (Å²) in [7, 11) is 0. The van der Waals surface area contributed by atoms with Gasteiger partial charge in [0.1, 0.15) is 5.82 Å². The van der Waals surface area contributed by atoms with Crippen molar-refractivity contribution in [1.82, 2.24) is 10.6 Å². The molecule has 0 saturated carbocycles. The van der Waals surface area contributed by atoms with Crippen LogP contribution in [0.25, 0.3) is 0 Å². The molecule has 0 aliphatic heterocycles. The number of aliphatic hydroxyl groups excluding tert-OH is 1. The van der Waals surface area contributed by atoms with Gasteiger partial charge in [-0.15, -0.1) is 0 Å². The van der Waals surface area contributed by atoms with Crippen LogP contribution >= 0.6 is 0 Å². The van der Waals surface area contributed by atoms with Crippen LogP contribution in [0.2, 0.25) is 0 Å². The summed E-state index contributed by atoms with van der Waals surface area (Å²) in [4.78, 5) is 11.5. The van der Waals surface area contributed by atoms with Gasteiger partial charge in [-0.1, -0.05) is 12.1 Å². The third-order valence-corrected chi connectivity index (χ3v) is 2.75. The molecule has 1 aromatic carbocycles. The number of nitrogens with one attached hydrogen (secondary N) is 2. The van der Waals surface area contributed by atoms with E-state index in [1.165, 1.54) is 24.7 Å². The molecular weight excluding hydrogens is 263 g/mol. The van der Waals surface area contributed by atoms with Crippen molar-refractivity contribution >= 4 is 6.03 Å². The normalized spacial score (nSPS) is 11.9. The largest absolute Gasteiger partial charge is 0.472 e. The van der Waals surface area contributed by atoms with Crippen molar-refractivity contribution in [2.45, 2.75) is 12.6 Å². The van der Waals surface area contributed by atoms with Gasteiger partial charge in [0, 0.05) is 18.7 Å². The van der Waals surface area contributed by atoms with Gasteiger partial charge in [-0.25, -0.2) is 9.18 Å². The van der Waals surface area contributed by atoms with Crippen LogP contribution in [0.4, 0.5) is 9.18 Å². The topological polar surface area (TPSA) is 74.5 Å².